The Balaban J connectivity index is 1.89. The molecule has 6 nitrogen and oxygen atoms in total. The molecule has 0 radical (unpaired) electrons. The first kappa shape index (κ1) is 11.3. The number of carbonyl (C=O) groups is 2. The van der Waals surface area contributed by atoms with Crippen molar-refractivity contribution in [1.29, 1.82) is 0 Å². The van der Waals surface area contributed by atoms with Crippen LogP contribution in [0.15, 0.2) is 0 Å². The monoisotopic (exact) mass is 227 g/mol. The second kappa shape index (κ2) is 4.39. The Morgan fingerprint density at radius 1 is 1.50 bits per heavy atom. The molecule has 2 rings (SSSR count). The fraction of sp³-hybridized carbons (Fsp3) is 0.800. The van der Waals surface area contributed by atoms with Gasteiger partial charge in [-0.25, -0.2) is 0 Å². The minimum atomic E-state index is -0.829. The van der Waals surface area contributed by atoms with Crippen LogP contribution in [-0.2, 0) is 14.3 Å². The number of nitrogens with two attached hydrogens (primary N) is 1. The third kappa shape index (κ3) is 2.33. The van der Waals surface area contributed by atoms with Gasteiger partial charge in [0.2, 0.25) is 11.8 Å². The first-order valence-electron chi connectivity index (χ1n) is 5.54. The Bertz CT molecular complexity index is 300. The van der Waals surface area contributed by atoms with Crippen LogP contribution < -0.4 is 16.4 Å². The molecule has 0 aromatic heterocycles. The van der Waals surface area contributed by atoms with E-state index in [9.17, 15) is 9.59 Å². The highest BCUT2D eigenvalue weighted by Gasteiger charge is 2.37. The topological polar surface area (TPSA) is 93.5 Å². The van der Waals surface area contributed by atoms with Gasteiger partial charge in [0.15, 0.2) is 0 Å². The zero-order chi connectivity index (χ0) is 11.6. The first-order chi connectivity index (χ1) is 7.60. The van der Waals surface area contributed by atoms with Gasteiger partial charge in [-0.05, 0) is 12.8 Å². The lowest BCUT2D eigenvalue weighted by Gasteiger charge is -2.32. The van der Waals surface area contributed by atoms with E-state index in [4.69, 9.17) is 10.5 Å². The number of rotatable bonds is 2. The number of nitrogens with one attached hydrogen (secondary N) is 2. The number of hydrogen-bond acceptors (Lipinski definition) is 4. The Morgan fingerprint density at radius 3 is 2.75 bits per heavy atom. The molecular formula is C10H17N3O3. The molecule has 0 aromatic rings. The highest BCUT2D eigenvalue weighted by atomic mass is 16.5. The maximum absolute atomic E-state index is 12.0. The molecule has 1 unspecified atom stereocenters. The number of amides is 2. The normalized spacial score (nSPS) is 28.6. The van der Waals surface area contributed by atoms with Gasteiger partial charge in [-0.1, -0.05) is 0 Å². The third-order valence-electron chi connectivity index (χ3n) is 3.15. The summed E-state index contributed by atoms with van der Waals surface area (Å²) in [7, 11) is 0. The zero-order valence-corrected chi connectivity index (χ0v) is 9.12. The van der Waals surface area contributed by atoms with Crippen molar-refractivity contribution in [2.75, 3.05) is 19.8 Å². The van der Waals surface area contributed by atoms with E-state index in [0.29, 0.717) is 39.0 Å². The van der Waals surface area contributed by atoms with E-state index in [1.165, 1.54) is 0 Å². The summed E-state index contributed by atoms with van der Waals surface area (Å²) in [5, 5.41) is 5.49. The summed E-state index contributed by atoms with van der Waals surface area (Å²) in [5.41, 5.74) is 5.19. The fourth-order valence-corrected chi connectivity index (χ4v) is 2.00. The van der Waals surface area contributed by atoms with E-state index in [0.717, 1.165) is 0 Å². The number of ether oxygens (including phenoxy) is 1. The van der Waals surface area contributed by atoms with Gasteiger partial charge in [0.25, 0.3) is 0 Å². The summed E-state index contributed by atoms with van der Waals surface area (Å²) in [4.78, 5) is 22.9. The molecule has 0 bridgehead atoms. The van der Waals surface area contributed by atoms with Gasteiger partial charge in [0, 0.05) is 26.2 Å². The highest BCUT2D eigenvalue weighted by molar-refractivity contribution is 5.88. The van der Waals surface area contributed by atoms with Gasteiger partial charge in [0.05, 0.1) is 11.6 Å². The van der Waals surface area contributed by atoms with Crippen molar-refractivity contribution in [3.8, 4) is 0 Å². The Labute approximate surface area is 93.9 Å². The SMILES string of the molecule is NC1(C(=O)NC2CNC(=O)C2)CCOCC1. The van der Waals surface area contributed by atoms with Crippen molar-refractivity contribution < 1.29 is 14.3 Å². The lowest BCUT2D eigenvalue weighted by Crippen LogP contribution is -2.58. The van der Waals surface area contributed by atoms with Crippen LogP contribution in [0.1, 0.15) is 19.3 Å². The highest BCUT2D eigenvalue weighted by Crippen LogP contribution is 2.18. The number of hydrogen-bond donors (Lipinski definition) is 3. The summed E-state index contributed by atoms with van der Waals surface area (Å²) < 4.78 is 5.18. The maximum atomic E-state index is 12.0. The van der Waals surface area contributed by atoms with Gasteiger partial charge in [-0.15, -0.1) is 0 Å². The van der Waals surface area contributed by atoms with Crippen LogP contribution in [0.3, 0.4) is 0 Å². The van der Waals surface area contributed by atoms with Crippen LogP contribution in [0.2, 0.25) is 0 Å². The van der Waals surface area contributed by atoms with Crippen LogP contribution in [-0.4, -0.2) is 43.2 Å². The fourth-order valence-electron chi connectivity index (χ4n) is 2.00. The summed E-state index contributed by atoms with van der Waals surface area (Å²) in [6.07, 6.45) is 1.41. The second-order valence-corrected chi connectivity index (χ2v) is 4.45. The van der Waals surface area contributed by atoms with Crippen molar-refractivity contribution in [2.45, 2.75) is 30.8 Å². The van der Waals surface area contributed by atoms with Gasteiger partial charge in [-0.3, -0.25) is 9.59 Å². The quantitative estimate of drug-likeness (QED) is 0.535. The van der Waals surface area contributed by atoms with Gasteiger partial charge in [0.1, 0.15) is 0 Å². The second-order valence-electron chi connectivity index (χ2n) is 4.45. The van der Waals surface area contributed by atoms with Crippen LogP contribution >= 0.6 is 0 Å². The third-order valence-corrected chi connectivity index (χ3v) is 3.15. The molecule has 0 aliphatic carbocycles. The standard InChI is InChI=1S/C10H17N3O3/c11-10(1-3-16-4-2-10)9(15)13-7-5-8(14)12-6-7/h7H,1-6,11H2,(H,12,14)(H,13,15). The van der Waals surface area contributed by atoms with Crippen LogP contribution in [0.4, 0.5) is 0 Å². The van der Waals surface area contributed by atoms with E-state index in [1.807, 2.05) is 0 Å². The van der Waals surface area contributed by atoms with Crippen molar-refractivity contribution in [3.63, 3.8) is 0 Å². The first-order valence-corrected chi connectivity index (χ1v) is 5.54. The molecule has 1 atom stereocenters. The van der Waals surface area contributed by atoms with Crippen LogP contribution in [0.5, 0.6) is 0 Å². The molecule has 2 heterocycles. The lowest BCUT2D eigenvalue weighted by atomic mass is 9.90. The predicted octanol–water partition coefficient (Wildman–Crippen LogP) is -1.50. The van der Waals surface area contributed by atoms with Crippen LogP contribution in [0, 0.1) is 0 Å². The lowest BCUT2D eigenvalue weighted by molar-refractivity contribution is -0.130. The molecule has 2 saturated heterocycles. The molecule has 2 amide bonds. The van der Waals surface area contributed by atoms with E-state index in [2.05, 4.69) is 10.6 Å². The maximum Gasteiger partial charge on any atom is 0.240 e. The molecule has 2 fully saturated rings. The summed E-state index contributed by atoms with van der Waals surface area (Å²) in [5.74, 6) is -0.194. The minimum Gasteiger partial charge on any atom is -0.381 e. The number of carbonyl (C=O) groups excluding carboxylic acids is 2. The zero-order valence-electron chi connectivity index (χ0n) is 9.12. The Kier molecular flexibility index (Phi) is 3.11. The van der Waals surface area contributed by atoms with E-state index in [1.54, 1.807) is 0 Å². The summed E-state index contributed by atoms with van der Waals surface area (Å²) >= 11 is 0. The van der Waals surface area contributed by atoms with Gasteiger partial charge >= 0.3 is 0 Å². The van der Waals surface area contributed by atoms with Gasteiger partial charge < -0.3 is 21.1 Å². The van der Waals surface area contributed by atoms with Gasteiger partial charge in [-0.2, -0.15) is 0 Å². The summed E-state index contributed by atoms with van der Waals surface area (Å²) in [6.45, 7) is 1.54. The molecule has 2 aliphatic heterocycles. The Hall–Kier alpha value is -1.14. The molecule has 0 saturated carbocycles. The van der Waals surface area contributed by atoms with Crippen molar-refractivity contribution >= 4 is 11.8 Å². The summed E-state index contributed by atoms with van der Waals surface area (Å²) in [6, 6.07) is -0.122. The average Bonchev–Trinajstić information content (AvgIpc) is 2.65. The smallest absolute Gasteiger partial charge is 0.240 e. The molecule has 16 heavy (non-hydrogen) atoms. The van der Waals surface area contributed by atoms with Crippen LogP contribution in [0.25, 0.3) is 0 Å². The molecule has 6 heteroatoms. The minimum absolute atomic E-state index is 0.0247. The average molecular weight is 227 g/mol. The van der Waals surface area contributed by atoms with Crippen molar-refractivity contribution in [3.05, 3.63) is 0 Å². The molecule has 4 N–H and O–H groups in total. The molecule has 0 spiro atoms. The Morgan fingerprint density at radius 2 is 2.19 bits per heavy atom. The molecular weight excluding hydrogens is 210 g/mol. The van der Waals surface area contributed by atoms with E-state index < -0.39 is 5.54 Å². The molecule has 0 aromatic carbocycles. The predicted molar refractivity (Wildman–Crippen MR) is 56.5 cm³/mol. The van der Waals surface area contributed by atoms with E-state index in [-0.39, 0.29) is 17.9 Å². The van der Waals surface area contributed by atoms with E-state index >= 15 is 0 Å². The molecule has 90 valence electrons. The van der Waals surface area contributed by atoms with Crippen molar-refractivity contribution in [1.82, 2.24) is 10.6 Å². The largest absolute Gasteiger partial charge is 0.381 e. The molecule has 2 aliphatic rings. The van der Waals surface area contributed by atoms with Crippen molar-refractivity contribution in [2.24, 2.45) is 5.73 Å².